The minimum atomic E-state index is -3.67. The molecule has 0 fully saturated rings. The molecule has 0 aliphatic carbocycles. The third-order valence-corrected chi connectivity index (χ3v) is 5.89. The predicted molar refractivity (Wildman–Crippen MR) is 122 cm³/mol. The normalized spacial score (nSPS) is 12.4. The summed E-state index contributed by atoms with van der Waals surface area (Å²) < 4.78 is 35.8. The average molecular weight is 456 g/mol. The zero-order valence-electron chi connectivity index (χ0n) is 17.8. The maximum atomic E-state index is 13.6. The Hall–Kier alpha value is -3.66. The second kappa shape index (κ2) is 10.6. The highest BCUT2D eigenvalue weighted by molar-refractivity contribution is 7.93. The number of unbranched alkanes of at least 4 members (excludes halogenated alkanes) is 1. The van der Waals surface area contributed by atoms with E-state index in [1.54, 1.807) is 36.4 Å². The highest BCUT2D eigenvalue weighted by Crippen LogP contribution is 2.38. The van der Waals surface area contributed by atoms with Gasteiger partial charge in [0.1, 0.15) is 10.6 Å². The lowest BCUT2D eigenvalue weighted by atomic mass is 10.1. The van der Waals surface area contributed by atoms with Gasteiger partial charge in [0.2, 0.25) is 0 Å². The van der Waals surface area contributed by atoms with E-state index in [2.05, 4.69) is 27.2 Å². The number of hydrogen-bond acceptors (Lipinski definition) is 8. The Balaban J connectivity index is 2.15. The fourth-order valence-corrected chi connectivity index (χ4v) is 4.13. The van der Waals surface area contributed by atoms with Gasteiger partial charge in [-0.1, -0.05) is 31.5 Å². The highest BCUT2D eigenvalue weighted by atomic mass is 32.2. The molecule has 1 aromatic heterocycles. The number of aromatic nitrogens is 2. The first-order valence-corrected chi connectivity index (χ1v) is 11.6. The Morgan fingerprint density at radius 2 is 1.94 bits per heavy atom. The van der Waals surface area contributed by atoms with Gasteiger partial charge in [-0.15, -0.1) is 0 Å². The number of rotatable bonds is 10. The summed E-state index contributed by atoms with van der Waals surface area (Å²) in [5.41, 5.74) is 0.931. The maximum Gasteiger partial charge on any atom is 0.337 e. The molecule has 0 spiro atoms. The van der Waals surface area contributed by atoms with Crippen molar-refractivity contribution in [1.82, 2.24) is 10.2 Å². The minimum absolute atomic E-state index is 0.0000591. The van der Waals surface area contributed by atoms with Gasteiger partial charge in [0, 0.05) is 6.54 Å². The van der Waals surface area contributed by atoms with Crippen LogP contribution < -0.4 is 14.8 Å². The topological polar surface area (TPSA) is 126 Å². The molecule has 1 atom stereocenters. The summed E-state index contributed by atoms with van der Waals surface area (Å²) >= 11 is 0. The van der Waals surface area contributed by atoms with Crippen LogP contribution >= 0.6 is 0 Å². The molecular weight excluding hydrogens is 430 g/mol. The van der Waals surface area contributed by atoms with Gasteiger partial charge in [0.25, 0.3) is 0 Å². The third-order valence-electron chi connectivity index (χ3n) is 4.44. The smallest absolute Gasteiger partial charge is 0.337 e. The van der Waals surface area contributed by atoms with Gasteiger partial charge in [0.15, 0.2) is 15.7 Å². The van der Waals surface area contributed by atoms with Crippen molar-refractivity contribution in [2.75, 3.05) is 23.7 Å². The van der Waals surface area contributed by atoms with Gasteiger partial charge in [0.05, 0.1) is 36.4 Å². The molecule has 0 bridgehead atoms. The van der Waals surface area contributed by atoms with E-state index in [1.165, 1.54) is 25.6 Å². The number of esters is 1. The van der Waals surface area contributed by atoms with Gasteiger partial charge < -0.3 is 14.8 Å². The number of nitrogens with zero attached hydrogens (tertiary/aromatic N) is 2. The largest absolute Gasteiger partial charge is 0.465 e. The Labute approximate surface area is 187 Å². The summed E-state index contributed by atoms with van der Waals surface area (Å²) in [7, 11) is -2.41. The molecule has 0 saturated carbocycles. The molecule has 0 amide bonds. The first-order valence-electron chi connectivity index (χ1n) is 10.0. The molecule has 9 nitrogen and oxygen atoms in total. The van der Waals surface area contributed by atoms with Crippen LogP contribution in [-0.2, 0) is 14.7 Å². The SMILES string of the molecule is CCCCNc1cc(C(=O)OC)cc(S(=N)(=O)Nc2ccnnc2)c1Oc1ccccc1. The first-order chi connectivity index (χ1) is 15.4. The fourth-order valence-electron chi connectivity index (χ4n) is 2.87. The van der Waals surface area contributed by atoms with Crippen molar-refractivity contribution >= 4 is 27.3 Å². The minimum Gasteiger partial charge on any atom is -0.465 e. The van der Waals surface area contributed by atoms with Crippen molar-refractivity contribution in [3.8, 4) is 11.5 Å². The summed E-state index contributed by atoms with van der Waals surface area (Å²) in [4.78, 5) is 12.3. The number of hydrogen-bond donors (Lipinski definition) is 3. The van der Waals surface area contributed by atoms with E-state index in [1.807, 2.05) is 6.07 Å². The lowest BCUT2D eigenvalue weighted by Crippen LogP contribution is -2.16. The van der Waals surface area contributed by atoms with Gasteiger partial charge in [-0.05, 0) is 36.8 Å². The number of para-hydroxylation sites is 1. The zero-order valence-corrected chi connectivity index (χ0v) is 18.6. The monoisotopic (exact) mass is 455 g/mol. The van der Waals surface area contributed by atoms with Crippen LogP contribution in [0.15, 0.2) is 65.8 Å². The number of nitrogens with one attached hydrogen (secondary N) is 3. The van der Waals surface area contributed by atoms with E-state index in [4.69, 9.17) is 14.3 Å². The van der Waals surface area contributed by atoms with Gasteiger partial charge in [-0.3, -0.25) is 4.72 Å². The van der Waals surface area contributed by atoms with E-state index in [0.717, 1.165) is 12.8 Å². The maximum absolute atomic E-state index is 13.6. The molecule has 3 N–H and O–H groups in total. The summed E-state index contributed by atoms with van der Waals surface area (Å²) in [5, 5.41) is 10.7. The van der Waals surface area contributed by atoms with Crippen LogP contribution in [0.5, 0.6) is 11.5 Å². The molecule has 0 aliphatic heterocycles. The number of ether oxygens (including phenoxy) is 2. The quantitative estimate of drug-likeness (QED) is 0.299. The Kier molecular flexibility index (Phi) is 7.61. The van der Waals surface area contributed by atoms with Crippen LogP contribution in [0.3, 0.4) is 0 Å². The molecule has 1 unspecified atom stereocenters. The molecule has 3 aromatic rings. The van der Waals surface area contributed by atoms with Gasteiger partial charge >= 0.3 is 5.97 Å². The molecule has 2 aromatic carbocycles. The lowest BCUT2D eigenvalue weighted by Gasteiger charge is -2.20. The van der Waals surface area contributed by atoms with Crippen LogP contribution in [-0.4, -0.2) is 34.0 Å². The summed E-state index contributed by atoms with van der Waals surface area (Å²) in [6.07, 6.45) is 4.61. The number of carbonyl (C=O) groups excluding carboxylic acids is 1. The molecule has 0 radical (unpaired) electrons. The number of anilines is 2. The number of methoxy groups -OCH3 is 1. The molecule has 168 valence electrons. The summed E-state index contributed by atoms with van der Waals surface area (Å²) in [6.45, 7) is 2.66. The number of carbonyl (C=O) groups is 1. The van der Waals surface area contributed by atoms with Crippen LogP contribution in [0.25, 0.3) is 0 Å². The van der Waals surface area contributed by atoms with Gasteiger partial charge in [-0.2, -0.15) is 10.2 Å². The summed E-state index contributed by atoms with van der Waals surface area (Å²) in [6, 6.07) is 13.4. The Morgan fingerprint density at radius 1 is 1.16 bits per heavy atom. The second-order valence-electron chi connectivity index (χ2n) is 6.83. The zero-order chi connectivity index (χ0) is 23.0. The van der Waals surface area contributed by atoms with Crippen LogP contribution in [0.1, 0.15) is 30.1 Å². The molecule has 3 rings (SSSR count). The molecule has 32 heavy (non-hydrogen) atoms. The molecular formula is C22H25N5O4S. The molecule has 0 aliphatic rings. The van der Waals surface area contributed by atoms with Crippen molar-refractivity contribution in [1.29, 1.82) is 4.78 Å². The Bertz CT molecular complexity index is 1160. The Morgan fingerprint density at radius 3 is 2.59 bits per heavy atom. The van der Waals surface area contributed by atoms with E-state index in [-0.39, 0.29) is 16.2 Å². The number of benzene rings is 2. The predicted octanol–water partition coefficient (Wildman–Crippen LogP) is 4.70. The third kappa shape index (κ3) is 5.73. The fraction of sp³-hybridized carbons (Fsp3) is 0.227. The molecule has 10 heteroatoms. The lowest BCUT2D eigenvalue weighted by molar-refractivity contribution is 0.0600. The average Bonchev–Trinajstić information content (AvgIpc) is 2.80. The van der Waals surface area contributed by atoms with Gasteiger partial charge in [-0.25, -0.2) is 13.8 Å². The first kappa shape index (κ1) is 23.0. The van der Waals surface area contributed by atoms with Crippen LogP contribution in [0.4, 0.5) is 11.4 Å². The van der Waals surface area contributed by atoms with E-state index in [0.29, 0.717) is 23.7 Å². The van der Waals surface area contributed by atoms with Crippen LogP contribution in [0, 0.1) is 4.78 Å². The van der Waals surface area contributed by atoms with Crippen molar-refractivity contribution < 1.29 is 18.5 Å². The molecule has 0 saturated heterocycles. The van der Waals surface area contributed by atoms with E-state index in [9.17, 15) is 9.00 Å². The second-order valence-corrected chi connectivity index (χ2v) is 8.58. The van der Waals surface area contributed by atoms with Crippen molar-refractivity contribution in [2.24, 2.45) is 0 Å². The molecule has 1 heterocycles. The van der Waals surface area contributed by atoms with Crippen molar-refractivity contribution in [3.05, 3.63) is 66.5 Å². The van der Waals surface area contributed by atoms with Crippen molar-refractivity contribution in [2.45, 2.75) is 24.7 Å². The van der Waals surface area contributed by atoms with E-state index >= 15 is 0 Å². The summed E-state index contributed by atoms with van der Waals surface area (Å²) in [5.74, 6) is 0.0742. The van der Waals surface area contributed by atoms with Crippen molar-refractivity contribution in [3.63, 3.8) is 0 Å². The highest BCUT2D eigenvalue weighted by Gasteiger charge is 2.24. The standard InChI is InChI=1S/C22H25N5O4S/c1-3-4-11-24-19-13-16(22(28)30-2)14-20(21(19)31-18-8-6-5-7-9-18)32(23,29)27-17-10-12-25-26-15-17/h5-10,12-15,24H,3-4,11H2,1-2H3,(H2,23,25,27,29). The van der Waals surface area contributed by atoms with E-state index < -0.39 is 15.9 Å². The van der Waals surface area contributed by atoms with Crippen LogP contribution in [0.2, 0.25) is 0 Å².